The Kier molecular flexibility index (Phi) is 7.01. The second-order valence-corrected chi connectivity index (χ2v) is 6.17. The first-order valence-electron chi connectivity index (χ1n) is 7.72. The molecule has 0 unspecified atom stereocenters. The molecule has 0 atom stereocenters. The number of carbonyl (C=O) groups is 2. The smallest absolute Gasteiger partial charge is 0.355 e. The molecule has 0 radical (unpaired) electrons. The van der Waals surface area contributed by atoms with Gasteiger partial charge in [0, 0.05) is 22.2 Å². The van der Waals surface area contributed by atoms with Gasteiger partial charge in [0.15, 0.2) is 0 Å². The topological polar surface area (TPSA) is 98.5 Å². The third-order valence-electron chi connectivity index (χ3n) is 3.30. The highest BCUT2D eigenvalue weighted by atomic mass is 79.9. The number of hydrogen-bond donors (Lipinski definition) is 1. The number of nitrogens with zero attached hydrogens (tertiary/aromatic N) is 1. The molecule has 0 saturated carbocycles. The molecule has 138 valence electrons. The number of non-ortho nitro benzene ring substituents is 1. The molecule has 2 aromatic carbocycles. The van der Waals surface area contributed by atoms with E-state index in [2.05, 4.69) is 27.8 Å². The number of nitro benzene ring substituents is 1. The Bertz CT molecular complexity index is 907. The molecular formula is C19H15BrN2O5. The first kappa shape index (κ1) is 20.1. The number of rotatable bonds is 7. The molecule has 0 heterocycles. The highest BCUT2D eigenvalue weighted by molar-refractivity contribution is 9.10. The lowest BCUT2D eigenvalue weighted by Gasteiger charge is -2.10. The number of nitro groups is 1. The summed E-state index contributed by atoms with van der Waals surface area (Å²) in [6, 6.07) is 12.2. The number of halogens is 1. The largest absolute Gasteiger partial charge is 0.457 e. The van der Waals surface area contributed by atoms with Crippen LogP contribution in [0.3, 0.4) is 0 Å². The van der Waals surface area contributed by atoms with Crippen LogP contribution in [0.2, 0.25) is 0 Å². The van der Waals surface area contributed by atoms with Crippen molar-refractivity contribution in [2.24, 2.45) is 0 Å². The van der Waals surface area contributed by atoms with Crippen LogP contribution in [-0.2, 0) is 9.53 Å². The molecule has 27 heavy (non-hydrogen) atoms. The first-order chi connectivity index (χ1) is 12.9. The van der Waals surface area contributed by atoms with Crippen molar-refractivity contribution < 1.29 is 19.2 Å². The maximum atomic E-state index is 12.4. The van der Waals surface area contributed by atoms with E-state index in [4.69, 9.17) is 4.74 Å². The van der Waals surface area contributed by atoms with Crippen LogP contribution < -0.4 is 5.32 Å². The Balaban J connectivity index is 2.29. The van der Waals surface area contributed by atoms with Crippen molar-refractivity contribution in [3.05, 3.63) is 92.6 Å². The molecule has 0 fully saturated rings. The lowest BCUT2D eigenvalue weighted by molar-refractivity contribution is -0.384. The quantitative estimate of drug-likeness (QED) is 0.236. The van der Waals surface area contributed by atoms with Crippen LogP contribution in [0.15, 0.2) is 71.4 Å². The molecule has 0 aliphatic heterocycles. The second kappa shape index (κ2) is 9.44. The molecule has 1 amide bonds. The summed E-state index contributed by atoms with van der Waals surface area (Å²) in [5.41, 5.74) is 0.646. The lowest BCUT2D eigenvalue weighted by Crippen LogP contribution is -2.28. The van der Waals surface area contributed by atoms with E-state index >= 15 is 0 Å². The van der Waals surface area contributed by atoms with Gasteiger partial charge in [-0.3, -0.25) is 14.9 Å². The lowest BCUT2D eigenvalue weighted by atomic mass is 10.1. The molecule has 7 nitrogen and oxygen atoms in total. The fourth-order valence-electron chi connectivity index (χ4n) is 2.04. The summed E-state index contributed by atoms with van der Waals surface area (Å²) in [7, 11) is 0. The van der Waals surface area contributed by atoms with Gasteiger partial charge >= 0.3 is 5.97 Å². The minimum atomic E-state index is -0.753. The fourth-order valence-corrected chi connectivity index (χ4v) is 2.44. The van der Waals surface area contributed by atoms with Gasteiger partial charge in [0.25, 0.3) is 11.6 Å². The van der Waals surface area contributed by atoms with Crippen LogP contribution in [0, 0.1) is 10.1 Å². The summed E-state index contributed by atoms with van der Waals surface area (Å²) in [5.74, 6) is -1.25. The number of carbonyl (C=O) groups excluding carboxylic acids is 2. The maximum absolute atomic E-state index is 12.4. The van der Waals surface area contributed by atoms with Gasteiger partial charge in [-0.05, 0) is 42.0 Å². The predicted molar refractivity (Wildman–Crippen MR) is 104 cm³/mol. The van der Waals surface area contributed by atoms with Crippen LogP contribution in [0.25, 0.3) is 6.08 Å². The predicted octanol–water partition coefficient (Wildman–Crippen LogP) is 3.86. The summed E-state index contributed by atoms with van der Waals surface area (Å²) in [5, 5.41) is 13.3. The average molecular weight is 431 g/mol. The second-order valence-electron chi connectivity index (χ2n) is 5.26. The van der Waals surface area contributed by atoms with Crippen molar-refractivity contribution in [3.8, 4) is 0 Å². The number of hydrogen-bond acceptors (Lipinski definition) is 5. The van der Waals surface area contributed by atoms with Crippen molar-refractivity contribution in [3.63, 3.8) is 0 Å². The fraction of sp³-hybridized carbons (Fsp3) is 0.0526. The standard InChI is InChI=1S/C19H15BrN2O5/c1-2-10-27-19(24)17(11-13-6-8-16(9-7-13)22(25)26)21-18(23)14-4-3-5-15(20)12-14/h2-9,11-12H,1,10H2,(H,21,23)/b17-11+. The van der Waals surface area contributed by atoms with E-state index in [1.807, 2.05) is 0 Å². The van der Waals surface area contributed by atoms with Gasteiger partial charge in [-0.2, -0.15) is 0 Å². The highest BCUT2D eigenvalue weighted by Gasteiger charge is 2.16. The summed E-state index contributed by atoms with van der Waals surface area (Å²) < 4.78 is 5.70. The molecule has 0 aliphatic rings. The highest BCUT2D eigenvalue weighted by Crippen LogP contribution is 2.15. The first-order valence-corrected chi connectivity index (χ1v) is 8.51. The van der Waals surface area contributed by atoms with E-state index in [0.717, 1.165) is 0 Å². The molecule has 8 heteroatoms. The Morgan fingerprint density at radius 1 is 1.22 bits per heavy atom. The maximum Gasteiger partial charge on any atom is 0.355 e. The Morgan fingerprint density at radius 2 is 1.93 bits per heavy atom. The van der Waals surface area contributed by atoms with Crippen LogP contribution in [0.5, 0.6) is 0 Å². The number of nitrogens with one attached hydrogen (secondary N) is 1. The van der Waals surface area contributed by atoms with E-state index in [-0.39, 0.29) is 18.0 Å². The number of benzene rings is 2. The Morgan fingerprint density at radius 3 is 2.52 bits per heavy atom. The zero-order chi connectivity index (χ0) is 19.8. The zero-order valence-corrected chi connectivity index (χ0v) is 15.6. The molecule has 1 N–H and O–H groups in total. The summed E-state index contributed by atoms with van der Waals surface area (Å²) in [6.45, 7) is 3.44. The van der Waals surface area contributed by atoms with Gasteiger partial charge in [0.1, 0.15) is 12.3 Å². The number of ether oxygens (including phenoxy) is 1. The summed E-state index contributed by atoms with van der Waals surface area (Å²) >= 11 is 3.28. The van der Waals surface area contributed by atoms with E-state index in [1.165, 1.54) is 36.4 Å². The summed E-state index contributed by atoms with van der Waals surface area (Å²) in [4.78, 5) is 34.9. The number of esters is 1. The van der Waals surface area contributed by atoms with Gasteiger partial charge in [-0.15, -0.1) is 0 Å². The van der Waals surface area contributed by atoms with Crippen LogP contribution in [0.4, 0.5) is 5.69 Å². The van der Waals surface area contributed by atoms with Gasteiger partial charge in [-0.25, -0.2) is 4.79 Å². The Hall–Kier alpha value is -3.26. The monoisotopic (exact) mass is 430 g/mol. The zero-order valence-electron chi connectivity index (χ0n) is 14.1. The summed E-state index contributed by atoms with van der Waals surface area (Å²) in [6.07, 6.45) is 2.78. The minimum absolute atomic E-state index is 0.0246. The van der Waals surface area contributed by atoms with Gasteiger partial charge in [0.2, 0.25) is 0 Å². The van der Waals surface area contributed by atoms with Gasteiger partial charge in [-0.1, -0.05) is 34.7 Å². The van der Waals surface area contributed by atoms with Crippen LogP contribution in [0.1, 0.15) is 15.9 Å². The van der Waals surface area contributed by atoms with Crippen molar-refractivity contribution >= 4 is 39.6 Å². The van der Waals surface area contributed by atoms with Gasteiger partial charge in [0.05, 0.1) is 4.92 Å². The van der Waals surface area contributed by atoms with E-state index in [9.17, 15) is 19.7 Å². The van der Waals surface area contributed by atoms with E-state index in [0.29, 0.717) is 15.6 Å². The van der Waals surface area contributed by atoms with E-state index in [1.54, 1.807) is 24.3 Å². The van der Waals surface area contributed by atoms with Crippen molar-refractivity contribution in [1.29, 1.82) is 0 Å². The molecule has 0 spiro atoms. The SMILES string of the molecule is C=CCOC(=O)/C(=C\c1ccc([N+](=O)[O-])cc1)NC(=O)c1cccc(Br)c1. The number of amides is 1. The van der Waals surface area contributed by atoms with Crippen LogP contribution in [-0.4, -0.2) is 23.4 Å². The minimum Gasteiger partial charge on any atom is -0.457 e. The van der Waals surface area contributed by atoms with E-state index < -0.39 is 16.8 Å². The third-order valence-corrected chi connectivity index (χ3v) is 3.80. The molecule has 2 aromatic rings. The van der Waals surface area contributed by atoms with Crippen molar-refractivity contribution in [2.45, 2.75) is 0 Å². The van der Waals surface area contributed by atoms with Crippen molar-refractivity contribution in [1.82, 2.24) is 5.32 Å². The van der Waals surface area contributed by atoms with Crippen molar-refractivity contribution in [2.75, 3.05) is 6.61 Å². The normalized spacial score (nSPS) is 10.8. The molecule has 0 aliphatic carbocycles. The molecule has 0 saturated heterocycles. The molecule has 0 bridgehead atoms. The third kappa shape index (κ3) is 5.89. The molecule has 0 aromatic heterocycles. The molecular weight excluding hydrogens is 416 g/mol. The molecule has 2 rings (SSSR count). The van der Waals surface area contributed by atoms with Gasteiger partial charge < -0.3 is 10.1 Å². The average Bonchev–Trinajstić information content (AvgIpc) is 2.65. The van der Waals surface area contributed by atoms with Crippen LogP contribution >= 0.6 is 15.9 Å². The Labute approximate surface area is 163 Å².